The van der Waals surface area contributed by atoms with Crippen molar-refractivity contribution < 1.29 is 0 Å². The molecule has 2 rings (SSSR count). The SMILES string of the molecule is CC1=CC(N)(Sc2ccccc2)CC=C1. The first-order valence-corrected chi connectivity index (χ1v) is 5.89. The van der Waals surface area contributed by atoms with Gasteiger partial charge in [-0.1, -0.05) is 53.8 Å². The molecule has 2 N–H and O–H groups in total. The van der Waals surface area contributed by atoms with Gasteiger partial charge in [-0.15, -0.1) is 0 Å². The lowest BCUT2D eigenvalue weighted by Crippen LogP contribution is -2.34. The van der Waals surface area contributed by atoms with E-state index in [2.05, 4.69) is 37.3 Å². The standard InChI is InChI=1S/C13H15NS/c1-11-6-5-9-13(14,10-11)15-12-7-3-2-4-8-12/h2-8,10H,9,14H2,1H3. The van der Waals surface area contributed by atoms with E-state index in [0.29, 0.717) is 0 Å². The van der Waals surface area contributed by atoms with Crippen molar-refractivity contribution in [2.75, 3.05) is 0 Å². The van der Waals surface area contributed by atoms with Gasteiger partial charge in [-0.2, -0.15) is 0 Å². The van der Waals surface area contributed by atoms with E-state index in [4.69, 9.17) is 5.73 Å². The highest BCUT2D eigenvalue weighted by Crippen LogP contribution is 2.35. The third-order valence-corrected chi connectivity index (χ3v) is 3.51. The average molecular weight is 217 g/mol. The van der Waals surface area contributed by atoms with Crippen molar-refractivity contribution in [3.63, 3.8) is 0 Å². The van der Waals surface area contributed by atoms with Gasteiger partial charge in [0.2, 0.25) is 0 Å². The van der Waals surface area contributed by atoms with Crippen LogP contribution < -0.4 is 5.73 Å². The Morgan fingerprint density at radius 3 is 2.67 bits per heavy atom. The Hall–Kier alpha value is -0.990. The van der Waals surface area contributed by atoms with E-state index in [9.17, 15) is 0 Å². The van der Waals surface area contributed by atoms with Crippen LogP contribution >= 0.6 is 11.8 Å². The van der Waals surface area contributed by atoms with Crippen LogP contribution in [0.15, 0.2) is 59.0 Å². The van der Waals surface area contributed by atoms with E-state index < -0.39 is 0 Å². The monoisotopic (exact) mass is 217 g/mol. The van der Waals surface area contributed by atoms with Crippen molar-refractivity contribution in [1.29, 1.82) is 0 Å². The van der Waals surface area contributed by atoms with E-state index in [0.717, 1.165) is 6.42 Å². The summed E-state index contributed by atoms with van der Waals surface area (Å²) in [5.74, 6) is 0. The average Bonchev–Trinajstić information content (AvgIpc) is 2.18. The fourth-order valence-electron chi connectivity index (χ4n) is 1.70. The predicted molar refractivity (Wildman–Crippen MR) is 66.7 cm³/mol. The van der Waals surface area contributed by atoms with Gasteiger partial charge in [0, 0.05) is 4.90 Å². The molecular formula is C13H15NS. The molecule has 0 aliphatic heterocycles. The van der Waals surface area contributed by atoms with E-state index in [1.165, 1.54) is 10.5 Å². The Morgan fingerprint density at radius 2 is 2.00 bits per heavy atom. The summed E-state index contributed by atoms with van der Waals surface area (Å²) in [4.78, 5) is 0.944. The van der Waals surface area contributed by atoms with Crippen LogP contribution in [0.25, 0.3) is 0 Å². The van der Waals surface area contributed by atoms with Crippen LogP contribution in [0.2, 0.25) is 0 Å². The molecule has 1 atom stereocenters. The number of hydrogen-bond donors (Lipinski definition) is 1. The highest BCUT2D eigenvalue weighted by atomic mass is 32.2. The number of thioether (sulfide) groups is 1. The van der Waals surface area contributed by atoms with Crippen LogP contribution in [0.3, 0.4) is 0 Å². The molecule has 1 aromatic rings. The summed E-state index contributed by atoms with van der Waals surface area (Å²) < 4.78 is 0. The smallest absolute Gasteiger partial charge is 0.0893 e. The summed E-state index contributed by atoms with van der Waals surface area (Å²) in [5.41, 5.74) is 7.56. The minimum Gasteiger partial charge on any atom is -0.313 e. The lowest BCUT2D eigenvalue weighted by molar-refractivity contribution is 0.749. The Balaban J connectivity index is 2.16. The molecule has 0 spiro atoms. The molecule has 78 valence electrons. The third kappa shape index (κ3) is 2.74. The van der Waals surface area contributed by atoms with Crippen molar-refractivity contribution in [2.24, 2.45) is 5.73 Å². The van der Waals surface area contributed by atoms with Gasteiger partial charge in [0.05, 0.1) is 4.87 Å². The summed E-state index contributed by atoms with van der Waals surface area (Å²) in [6.07, 6.45) is 7.30. The molecule has 0 saturated carbocycles. The molecule has 0 saturated heterocycles. The van der Waals surface area contributed by atoms with Crippen molar-refractivity contribution in [2.45, 2.75) is 23.1 Å². The van der Waals surface area contributed by atoms with Crippen LogP contribution in [0.5, 0.6) is 0 Å². The largest absolute Gasteiger partial charge is 0.313 e. The maximum atomic E-state index is 6.32. The topological polar surface area (TPSA) is 26.0 Å². The first-order valence-electron chi connectivity index (χ1n) is 5.07. The van der Waals surface area contributed by atoms with Crippen LogP contribution in [0, 0.1) is 0 Å². The normalized spacial score (nSPS) is 25.1. The lowest BCUT2D eigenvalue weighted by Gasteiger charge is -2.27. The molecule has 1 unspecified atom stereocenters. The molecular weight excluding hydrogens is 202 g/mol. The van der Waals surface area contributed by atoms with E-state index in [1.54, 1.807) is 11.8 Å². The summed E-state index contributed by atoms with van der Waals surface area (Å²) >= 11 is 1.72. The highest BCUT2D eigenvalue weighted by Gasteiger charge is 2.24. The Labute approximate surface area is 95.1 Å². The van der Waals surface area contributed by atoms with Gasteiger partial charge >= 0.3 is 0 Å². The van der Waals surface area contributed by atoms with Crippen LogP contribution in [0.1, 0.15) is 13.3 Å². The van der Waals surface area contributed by atoms with Crippen LogP contribution in [0.4, 0.5) is 0 Å². The van der Waals surface area contributed by atoms with Crippen molar-refractivity contribution in [3.8, 4) is 0 Å². The number of hydrogen-bond acceptors (Lipinski definition) is 2. The second-order valence-electron chi connectivity index (χ2n) is 3.86. The Kier molecular flexibility index (Phi) is 2.98. The quantitative estimate of drug-likeness (QED) is 0.769. The molecule has 0 amide bonds. The summed E-state index contributed by atoms with van der Waals surface area (Å²) in [6.45, 7) is 2.09. The first kappa shape index (κ1) is 10.5. The second kappa shape index (κ2) is 4.25. The first-order chi connectivity index (χ1) is 7.18. The third-order valence-electron chi connectivity index (χ3n) is 2.34. The van der Waals surface area contributed by atoms with E-state index >= 15 is 0 Å². The van der Waals surface area contributed by atoms with Crippen LogP contribution in [-0.2, 0) is 0 Å². The number of benzene rings is 1. The van der Waals surface area contributed by atoms with Gasteiger partial charge in [-0.25, -0.2) is 0 Å². The minimum atomic E-state index is -0.278. The lowest BCUT2D eigenvalue weighted by atomic mass is 10.0. The van der Waals surface area contributed by atoms with Gasteiger partial charge < -0.3 is 5.73 Å². The number of nitrogens with two attached hydrogens (primary N) is 1. The maximum absolute atomic E-state index is 6.32. The van der Waals surface area contributed by atoms with Gasteiger partial charge in [-0.05, 0) is 25.5 Å². The molecule has 0 radical (unpaired) electrons. The molecule has 15 heavy (non-hydrogen) atoms. The van der Waals surface area contributed by atoms with Crippen LogP contribution in [-0.4, -0.2) is 4.87 Å². The van der Waals surface area contributed by atoms with Gasteiger partial charge in [0.1, 0.15) is 0 Å². The summed E-state index contributed by atoms with van der Waals surface area (Å²) in [5, 5.41) is 0. The van der Waals surface area contributed by atoms with Crippen molar-refractivity contribution >= 4 is 11.8 Å². The summed E-state index contributed by atoms with van der Waals surface area (Å²) in [7, 11) is 0. The summed E-state index contributed by atoms with van der Waals surface area (Å²) in [6, 6.07) is 10.3. The molecule has 0 bridgehead atoms. The molecule has 0 fully saturated rings. The zero-order valence-electron chi connectivity index (χ0n) is 8.81. The predicted octanol–water partition coefficient (Wildman–Crippen LogP) is 3.34. The Morgan fingerprint density at radius 1 is 1.27 bits per heavy atom. The fraction of sp³-hybridized carbons (Fsp3) is 0.231. The molecule has 1 nitrogen and oxygen atoms in total. The minimum absolute atomic E-state index is 0.278. The molecule has 0 aromatic heterocycles. The maximum Gasteiger partial charge on any atom is 0.0893 e. The van der Waals surface area contributed by atoms with Gasteiger partial charge in [0.15, 0.2) is 0 Å². The zero-order valence-corrected chi connectivity index (χ0v) is 9.63. The molecule has 1 aliphatic carbocycles. The zero-order chi connectivity index (χ0) is 10.7. The molecule has 1 aliphatic rings. The number of allylic oxidation sites excluding steroid dienone is 2. The van der Waals surface area contributed by atoms with Gasteiger partial charge in [-0.3, -0.25) is 0 Å². The molecule has 2 heteroatoms. The van der Waals surface area contributed by atoms with Gasteiger partial charge in [0.25, 0.3) is 0 Å². The van der Waals surface area contributed by atoms with Crippen molar-refractivity contribution in [3.05, 3.63) is 54.1 Å². The van der Waals surface area contributed by atoms with E-state index in [1.807, 2.05) is 18.2 Å². The Bertz CT molecular complexity index is 394. The van der Waals surface area contributed by atoms with E-state index in [-0.39, 0.29) is 4.87 Å². The molecule has 1 aromatic carbocycles. The van der Waals surface area contributed by atoms with Crippen molar-refractivity contribution in [1.82, 2.24) is 0 Å². The number of rotatable bonds is 2. The highest BCUT2D eigenvalue weighted by molar-refractivity contribution is 8.00. The second-order valence-corrected chi connectivity index (χ2v) is 5.30. The fourth-order valence-corrected chi connectivity index (χ4v) is 2.86. The molecule has 0 heterocycles.